The van der Waals surface area contributed by atoms with Gasteiger partial charge in [0, 0.05) is 6.54 Å². The van der Waals surface area contributed by atoms with Gasteiger partial charge in [0.1, 0.15) is 12.4 Å². The first-order valence-electron chi connectivity index (χ1n) is 6.47. The average Bonchev–Trinajstić information content (AvgIpc) is 2.99. The molecule has 1 N–H and O–H groups in total. The van der Waals surface area contributed by atoms with Gasteiger partial charge in [0.05, 0.1) is 19.9 Å². The minimum atomic E-state index is 0. The van der Waals surface area contributed by atoms with Crippen molar-refractivity contribution in [3.63, 3.8) is 0 Å². The molecular formula is C16H20ClNO3. The van der Waals surface area contributed by atoms with Crippen LogP contribution >= 0.6 is 12.4 Å². The highest BCUT2D eigenvalue weighted by Gasteiger charge is 2.05. The average molecular weight is 310 g/mol. The van der Waals surface area contributed by atoms with Gasteiger partial charge < -0.3 is 19.2 Å². The third kappa shape index (κ3) is 5.17. The maximum absolute atomic E-state index is 5.52. The second-order valence-electron chi connectivity index (χ2n) is 4.27. The van der Waals surface area contributed by atoms with E-state index in [1.807, 2.05) is 30.3 Å². The third-order valence-corrected chi connectivity index (χ3v) is 2.79. The number of hydrogen-bond donors (Lipinski definition) is 1. The Labute approximate surface area is 131 Å². The van der Waals surface area contributed by atoms with Crippen molar-refractivity contribution in [3.8, 4) is 11.5 Å². The van der Waals surface area contributed by atoms with Crippen LogP contribution in [-0.4, -0.2) is 13.7 Å². The van der Waals surface area contributed by atoms with Crippen LogP contribution in [0.2, 0.25) is 0 Å². The second kappa shape index (κ2) is 9.10. The summed E-state index contributed by atoms with van der Waals surface area (Å²) in [5, 5.41) is 3.31. The van der Waals surface area contributed by atoms with Gasteiger partial charge in [-0.2, -0.15) is 0 Å². The molecule has 4 nitrogen and oxygen atoms in total. The van der Waals surface area contributed by atoms with Crippen LogP contribution in [0.3, 0.4) is 0 Å². The number of methoxy groups -OCH3 is 1. The highest BCUT2D eigenvalue weighted by atomic mass is 35.5. The largest absolute Gasteiger partial charge is 0.493 e. The van der Waals surface area contributed by atoms with Gasteiger partial charge in [-0.25, -0.2) is 0 Å². The van der Waals surface area contributed by atoms with E-state index >= 15 is 0 Å². The highest BCUT2D eigenvalue weighted by Crippen LogP contribution is 2.28. The van der Waals surface area contributed by atoms with Crippen LogP contribution in [0.5, 0.6) is 11.5 Å². The third-order valence-electron chi connectivity index (χ3n) is 2.79. The minimum absolute atomic E-state index is 0. The van der Waals surface area contributed by atoms with Crippen molar-refractivity contribution >= 4 is 12.4 Å². The molecule has 0 spiro atoms. The number of nitrogens with one attached hydrogen (secondary N) is 1. The quantitative estimate of drug-likeness (QED) is 0.757. The first-order chi connectivity index (χ1) is 9.83. The summed E-state index contributed by atoms with van der Waals surface area (Å²) >= 11 is 0. The highest BCUT2D eigenvalue weighted by molar-refractivity contribution is 5.85. The Morgan fingerprint density at radius 1 is 1.24 bits per heavy atom. The summed E-state index contributed by atoms with van der Waals surface area (Å²) in [4.78, 5) is 0. The molecule has 21 heavy (non-hydrogen) atoms. The van der Waals surface area contributed by atoms with Crippen molar-refractivity contribution in [3.05, 3.63) is 60.6 Å². The summed E-state index contributed by atoms with van der Waals surface area (Å²) in [5.74, 6) is 2.37. The molecule has 0 fully saturated rings. The van der Waals surface area contributed by atoms with Crippen LogP contribution < -0.4 is 14.8 Å². The summed E-state index contributed by atoms with van der Waals surface area (Å²) in [6.07, 6.45) is 3.38. The van der Waals surface area contributed by atoms with Crippen LogP contribution in [0.4, 0.5) is 0 Å². The lowest BCUT2D eigenvalue weighted by molar-refractivity contribution is 0.326. The van der Waals surface area contributed by atoms with E-state index in [0.29, 0.717) is 13.2 Å². The Hall–Kier alpha value is -1.91. The fraction of sp³-hybridized carbons (Fsp3) is 0.250. The Balaban J connectivity index is 0.00000220. The van der Waals surface area contributed by atoms with E-state index in [9.17, 15) is 0 Å². The summed E-state index contributed by atoms with van der Waals surface area (Å²) in [5.41, 5.74) is 1.12. The van der Waals surface area contributed by atoms with E-state index in [2.05, 4.69) is 11.9 Å². The van der Waals surface area contributed by atoms with Gasteiger partial charge in [-0.3, -0.25) is 0 Å². The molecule has 114 valence electrons. The zero-order chi connectivity index (χ0) is 14.2. The zero-order valence-corrected chi connectivity index (χ0v) is 12.8. The predicted molar refractivity (Wildman–Crippen MR) is 85.2 cm³/mol. The minimum Gasteiger partial charge on any atom is -0.493 e. The number of benzene rings is 1. The molecule has 2 rings (SSSR count). The number of halogens is 1. The van der Waals surface area contributed by atoms with E-state index in [0.717, 1.165) is 29.4 Å². The number of furan rings is 1. The van der Waals surface area contributed by atoms with E-state index in [4.69, 9.17) is 13.9 Å². The molecule has 5 heteroatoms. The molecule has 0 aliphatic rings. The molecule has 0 aliphatic heterocycles. The lowest BCUT2D eigenvalue weighted by atomic mass is 10.2. The molecule has 1 aromatic heterocycles. The first kappa shape index (κ1) is 17.1. The van der Waals surface area contributed by atoms with Gasteiger partial charge in [-0.1, -0.05) is 18.7 Å². The summed E-state index contributed by atoms with van der Waals surface area (Å²) in [6.45, 7) is 5.53. The van der Waals surface area contributed by atoms with Gasteiger partial charge in [0.2, 0.25) is 0 Å². The molecular weight excluding hydrogens is 290 g/mol. The molecule has 0 unspecified atom stereocenters. The maximum atomic E-state index is 5.52. The van der Waals surface area contributed by atoms with Crippen LogP contribution in [-0.2, 0) is 13.1 Å². The van der Waals surface area contributed by atoms with Crippen molar-refractivity contribution < 1.29 is 13.9 Å². The maximum Gasteiger partial charge on any atom is 0.161 e. The fourth-order valence-corrected chi connectivity index (χ4v) is 1.83. The molecule has 0 saturated carbocycles. The molecule has 2 aromatic rings. The molecule has 0 bridgehead atoms. The molecule has 0 radical (unpaired) electrons. The molecule has 0 saturated heterocycles. The van der Waals surface area contributed by atoms with Crippen molar-refractivity contribution in [1.29, 1.82) is 0 Å². The van der Waals surface area contributed by atoms with Gasteiger partial charge >= 0.3 is 0 Å². The van der Waals surface area contributed by atoms with Gasteiger partial charge in [-0.15, -0.1) is 12.4 Å². The number of hydrogen-bond acceptors (Lipinski definition) is 4. The monoisotopic (exact) mass is 309 g/mol. The van der Waals surface area contributed by atoms with Crippen molar-refractivity contribution in [2.75, 3.05) is 13.7 Å². The van der Waals surface area contributed by atoms with Crippen molar-refractivity contribution in [2.24, 2.45) is 0 Å². The Morgan fingerprint density at radius 2 is 2.10 bits per heavy atom. The summed E-state index contributed by atoms with van der Waals surface area (Å²) < 4.78 is 16.1. The first-order valence-corrected chi connectivity index (χ1v) is 6.47. The van der Waals surface area contributed by atoms with E-state index in [1.54, 1.807) is 19.4 Å². The van der Waals surface area contributed by atoms with Crippen molar-refractivity contribution in [1.82, 2.24) is 5.32 Å². The van der Waals surface area contributed by atoms with Crippen molar-refractivity contribution in [2.45, 2.75) is 13.1 Å². The summed E-state index contributed by atoms with van der Waals surface area (Å²) in [7, 11) is 1.64. The van der Waals surface area contributed by atoms with E-state index < -0.39 is 0 Å². The van der Waals surface area contributed by atoms with Crippen LogP contribution in [0.15, 0.2) is 53.7 Å². The van der Waals surface area contributed by atoms with Crippen LogP contribution in [0.1, 0.15) is 11.3 Å². The second-order valence-corrected chi connectivity index (χ2v) is 4.27. The Bertz CT molecular complexity index is 540. The zero-order valence-electron chi connectivity index (χ0n) is 12.0. The topological polar surface area (TPSA) is 43.6 Å². The van der Waals surface area contributed by atoms with E-state index in [-0.39, 0.29) is 12.4 Å². The normalized spacial score (nSPS) is 9.76. The number of ether oxygens (including phenoxy) is 2. The lowest BCUT2D eigenvalue weighted by Crippen LogP contribution is -2.12. The van der Waals surface area contributed by atoms with Crippen LogP contribution in [0.25, 0.3) is 0 Å². The molecule has 1 heterocycles. The molecule has 0 amide bonds. The molecule has 0 atom stereocenters. The Kier molecular flexibility index (Phi) is 7.43. The van der Waals surface area contributed by atoms with E-state index in [1.165, 1.54) is 0 Å². The summed E-state index contributed by atoms with van der Waals surface area (Å²) in [6, 6.07) is 9.71. The van der Waals surface area contributed by atoms with Crippen LogP contribution in [0, 0.1) is 0 Å². The van der Waals surface area contributed by atoms with Gasteiger partial charge in [-0.05, 0) is 29.8 Å². The standard InChI is InChI=1S/C16H19NO3.ClH/c1-3-8-20-15-7-6-13(10-16(15)18-2)11-17-12-14-5-4-9-19-14;/h3-7,9-10,17H,1,8,11-12H2,2H3;1H. The SMILES string of the molecule is C=CCOc1ccc(CNCc2ccco2)cc1OC.Cl. The fourth-order valence-electron chi connectivity index (χ4n) is 1.83. The Morgan fingerprint density at radius 3 is 2.76 bits per heavy atom. The van der Waals surface area contributed by atoms with Gasteiger partial charge in [0.15, 0.2) is 11.5 Å². The number of rotatable bonds is 8. The predicted octanol–water partition coefficient (Wildman–Crippen LogP) is 3.56. The molecule has 0 aliphatic carbocycles. The molecule has 1 aromatic carbocycles. The lowest BCUT2D eigenvalue weighted by Gasteiger charge is -2.11. The van der Waals surface area contributed by atoms with Gasteiger partial charge in [0.25, 0.3) is 0 Å². The smallest absolute Gasteiger partial charge is 0.161 e.